The molecule has 0 spiro atoms. The first-order chi connectivity index (χ1) is 24.7. The van der Waals surface area contributed by atoms with E-state index in [4.69, 9.17) is 15.1 Å². The third kappa shape index (κ3) is 7.51. The summed E-state index contributed by atoms with van der Waals surface area (Å²) in [5.74, 6) is 0.492. The van der Waals surface area contributed by atoms with Crippen LogP contribution in [0.3, 0.4) is 0 Å². The zero-order valence-corrected chi connectivity index (χ0v) is 29.4. The first-order valence-electron chi connectivity index (χ1n) is 17.3. The Balaban J connectivity index is 1.11. The highest BCUT2D eigenvalue weighted by Crippen LogP contribution is 2.36. The van der Waals surface area contributed by atoms with Gasteiger partial charge in [-0.05, 0) is 104 Å². The molecule has 1 atom stereocenters. The molecule has 51 heavy (non-hydrogen) atoms. The largest absolute Gasteiger partial charge is 0.480 e. The quantitative estimate of drug-likeness (QED) is 0.111. The molecule has 11 heteroatoms. The maximum atomic E-state index is 10.9. The molecule has 0 radical (unpaired) electrons. The highest BCUT2D eigenvalue weighted by atomic mass is 16.4. The number of anilines is 4. The first kappa shape index (κ1) is 34.0. The van der Waals surface area contributed by atoms with Gasteiger partial charge in [0.05, 0.1) is 6.54 Å². The van der Waals surface area contributed by atoms with E-state index < -0.39 is 5.97 Å². The van der Waals surface area contributed by atoms with Crippen LogP contribution in [0.2, 0.25) is 0 Å². The molecule has 0 unspecified atom stereocenters. The molecule has 0 amide bonds. The van der Waals surface area contributed by atoms with Crippen LogP contribution in [-0.2, 0) is 17.9 Å². The zero-order valence-electron chi connectivity index (χ0n) is 29.4. The molecule has 2 aromatic carbocycles. The fourth-order valence-electron chi connectivity index (χ4n) is 6.91. The Morgan fingerprint density at radius 3 is 1.94 bits per heavy atom. The van der Waals surface area contributed by atoms with E-state index in [1.807, 2.05) is 42.7 Å². The summed E-state index contributed by atoms with van der Waals surface area (Å²) < 4.78 is 0. The summed E-state index contributed by atoms with van der Waals surface area (Å²) in [6.07, 6.45) is 8.54. The van der Waals surface area contributed by atoms with E-state index in [1.165, 1.54) is 12.0 Å². The maximum Gasteiger partial charge on any atom is 0.317 e. The van der Waals surface area contributed by atoms with Crippen molar-refractivity contribution in [2.24, 2.45) is 0 Å². The number of aliphatic carboxylic acids is 1. The van der Waals surface area contributed by atoms with Crippen molar-refractivity contribution < 1.29 is 9.90 Å². The Kier molecular flexibility index (Phi) is 9.85. The molecule has 0 saturated carbocycles. The van der Waals surface area contributed by atoms with Crippen LogP contribution in [0.4, 0.5) is 23.0 Å². The van der Waals surface area contributed by atoms with Gasteiger partial charge in [0, 0.05) is 79.2 Å². The second-order valence-corrected chi connectivity index (χ2v) is 13.5. The number of hydrogen-bond acceptors (Lipinski definition) is 10. The Bertz CT molecular complexity index is 2220. The van der Waals surface area contributed by atoms with Crippen LogP contribution >= 0.6 is 0 Å². The number of carbonyl (C=O) groups is 1. The number of carboxylic acids is 1. The number of nitrogens with zero attached hydrogens (tertiary/aromatic N) is 6. The molecular weight excluding hydrogens is 639 g/mol. The Morgan fingerprint density at radius 2 is 1.39 bits per heavy atom. The molecule has 7 rings (SSSR count). The van der Waals surface area contributed by atoms with E-state index in [1.54, 1.807) is 12.4 Å². The zero-order chi connectivity index (χ0) is 35.5. The van der Waals surface area contributed by atoms with E-state index in [0.29, 0.717) is 18.4 Å². The molecule has 6 aromatic rings. The van der Waals surface area contributed by atoms with Crippen molar-refractivity contribution in [3.05, 3.63) is 108 Å². The van der Waals surface area contributed by atoms with Gasteiger partial charge in [0.25, 0.3) is 0 Å². The molecule has 0 bridgehead atoms. The van der Waals surface area contributed by atoms with Gasteiger partial charge in [0.2, 0.25) is 0 Å². The Morgan fingerprint density at radius 1 is 0.824 bits per heavy atom. The molecule has 5 heterocycles. The number of benzene rings is 2. The van der Waals surface area contributed by atoms with Gasteiger partial charge in [-0.3, -0.25) is 19.7 Å². The number of likely N-dealkylation sites (N-methyl/N-ethyl adjacent to an activating group) is 1. The standard InChI is InChI=1S/C40H43N9O2/c1-25-32(7-5-9-34(25)46-39-37-29(11-14-42-39)17-27(20-44-37)19-41-22-36(50)51)33-8-6-10-35(26(33)2)47-40-38-30(12-15-43-40)18-28(21-45-38)23-49-16-13-31(24-49)48(3)4/h5-12,14-15,17-18,20-21,31,41H,13,16,19,22-24H2,1-4H3,(H,42,46)(H,43,47)(H,50,51)/t31-/m0/s1. The third-order valence-electron chi connectivity index (χ3n) is 9.76. The summed E-state index contributed by atoms with van der Waals surface area (Å²) >= 11 is 0. The molecular formula is C40H43N9O2. The minimum Gasteiger partial charge on any atom is -0.480 e. The minimum absolute atomic E-state index is 0.107. The van der Waals surface area contributed by atoms with Crippen molar-refractivity contribution in [2.75, 3.05) is 44.4 Å². The van der Waals surface area contributed by atoms with E-state index in [0.717, 1.165) is 86.5 Å². The molecule has 4 aromatic heterocycles. The summed E-state index contributed by atoms with van der Waals surface area (Å²) in [5.41, 5.74) is 10.0. The minimum atomic E-state index is -0.894. The SMILES string of the molecule is Cc1c(Nc2nccc3cc(CNCC(=O)O)cnc23)cccc1-c1cccc(Nc2nccc3cc(CN4CC[C@H](N(C)C)C4)cnc23)c1C. The predicted molar refractivity (Wildman–Crippen MR) is 204 cm³/mol. The molecule has 260 valence electrons. The number of rotatable bonds is 12. The van der Waals surface area contributed by atoms with Crippen LogP contribution in [-0.4, -0.2) is 80.6 Å². The smallest absolute Gasteiger partial charge is 0.317 e. The van der Waals surface area contributed by atoms with Gasteiger partial charge in [0.1, 0.15) is 11.0 Å². The van der Waals surface area contributed by atoms with Crippen molar-refractivity contribution in [1.29, 1.82) is 0 Å². The second-order valence-electron chi connectivity index (χ2n) is 13.5. The lowest BCUT2D eigenvalue weighted by atomic mass is 9.94. The van der Waals surface area contributed by atoms with Crippen LogP contribution < -0.4 is 16.0 Å². The average Bonchev–Trinajstić information content (AvgIpc) is 3.59. The van der Waals surface area contributed by atoms with Crippen molar-refractivity contribution in [1.82, 2.24) is 35.1 Å². The van der Waals surface area contributed by atoms with Crippen molar-refractivity contribution in [3.63, 3.8) is 0 Å². The van der Waals surface area contributed by atoms with Gasteiger partial charge >= 0.3 is 5.97 Å². The Labute approximate surface area is 297 Å². The van der Waals surface area contributed by atoms with Crippen molar-refractivity contribution >= 4 is 50.8 Å². The number of carboxylic acid groups (broad SMARTS) is 1. The molecule has 11 nitrogen and oxygen atoms in total. The summed E-state index contributed by atoms with van der Waals surface area (Å²) in [5, 5.41) is 21.0. The van der Waals surface area contributed by atoms with Crippen LogP contribution in [0.5, 0.6) is 0 Å². The lowest BCUT2D eigenvalue weighted by molar-refractivity contribution is -0.136. The first-order valence-corrected chi connectivity index (χ1v) is 17.3. The average molecular weight is 682 g/mol. The van der Waals surface area contributed by atoms with E-state index in [9.17, 15) is 4.79 Å². The van der Waals surface area contributed by atoms with Gasteiger partial charge in [-0.2, -0.15) is 0 Å². The van der Waals surface area contributed by atoms with Gasteiger partial charge in [-0.25, -0.2) is 9.97 Å². The number of nitrogens with one attached hydrogen (secondary N) is 3. The number of likely N-dealkylation sites (tertiary alicyclic amines) is 1. The van der Waals surface area contributed by atoms with Crippen LogP contribution in [0.15, 0.2) is 85.5 Å². The highest BCUT2D eigenvalue weighted by Gasteiger charge is 2.24. The summed E-state index contributed by atoms with van der Waals surface area (Å²) in [7, 11) is 4.32. The van der Waals surface area contributed by atoms with Gasteiger partial charge < -0.3 is 26.0 Å². The number of pyridine rings is 4. The molecule has 1 aliphatic heterocycles. The number of aromatic nitrogens is 4. The molecule has 4 N–H and O–H groups in total. The maximum absolute atomic E-state index is 10.9. The molecule has 0 aliphatic carbocycles. The lowest BCUT2D eigenvalue weighted by Crippen LogP contribution is -2.31. The number of hydrogen-bond donors (Lipinski definition) is 4. The fourth-order valence-corrected chi connectivity index (χ4v) is 6.91. The predicted octanol–water partition coefficient (Wildman–Crippen LogP) is 6.65. The molecule has 1 saturated heterocycles. The molecule has 1 aliphatic rings. The van der Waals surface area contributed by atoms with Gasteiger partial charge in [0.15, 0.2) is 11.6 Å². The lowest BCUT2D eigenvalue weighted by Gasteiger charge is -2.20. The van der Waals surface area contributed by atoms with Crippen molar-refractivity contribution in [2.45, 2.75) is 39.4 Å². The van der Waals surface area contributed by atoms with Crippen LogP contribution in [0.25, 0.3) is 32.9 Å². The second kappa shape index (κ2) is 14.8. The van der Waals surface area contributed by atoms with E-state index in [-0.39, 0.29) is 6.54 Å². The van der Waals surface area contributed by atoms with E-state index >= 15 is 0 Å². The fraction of sp³-hybridized carbons (Fsp3) is 0.275. The van der Waals surface area contributed by atoms with Crippen molar-refractivity contribution in [3.8, 4) is 11.1 Å². The molecule has 1 fully saturated rings. The Hall–Kier alpha value is -5.49. The van der Waals surface area contributed by atoms with Crippen LogP contribution in [0.1, 0.15) is 28.7 Å². The van der Waals surface area contributed by atoms with Gasteiger partial charge in [-0.15, -0.1) is 0 Å². The summed E-state index contributed by atoms with van der Waals surface area (Å²) in [6.45, 7) is 7.63. The normalized spacial score (nSPS) is 14.8. The third-order valence-corrected chi connectivity index (χ3v) is 9.76. The van der Waals surface area contributed by atoms with Gasteiger partial charge in [-0.1, -0.05) is 24.3 Å². The monoisotopic (exact) mass is 681 g/mol. The topological polar surface area (TPSA) is 131 Å². The summed E-state index contributed by atoms with van der Waals surface area (Å²) in [4.78, 5) is 34.6. The number of fused-ring (bicyclic) bond motifs is 2. The highest BCUT2D eigenvalue weighted by molar-refractivity contribution is 5.92. The summed E-state index contributed by atoms with van der Waals surface area (Å²) in [6, 6.07) is 21.3. The van der Waals surface area contributed by atoms with E-state index in [2.05, 4.69) is 94.0 Å². The van der Waals surface area contributed by atoms with Crippen LogP contribution in [0, 0.1) is 13.8 Å².